The van der Waals surface area contributed by atoms with E-state index in [1.54, 1.807) is 29.2 Å². The molecule has 0 aliphatic carbocycles. The lowest BCUT2D eigenvalue weighted by molar-refractivity contribution is 0.0746. The number of carbonyl (C=O) groups is 1. The lowest BCUT2D eigenvalue weighted by Gasteiger charge is -2.21. The third-order valence-electron chi connectivity index (χ3n) is 3.92. The molecule has 1 N–H and O–H groups in total. The van der Waals surface area contributed by atoms with Crippen LogP contribution in [0.25, 0.3) is 10.8 Å². The van der Waals surface area contributed by atoms with E-state index in [9.17, 15) is 9.59 Å². The Morgan fingerprint density at radius 1 is 1.12 bits per heavy atom. The number of carbonyl (C=O) groups excluding carboxylic acids is 1. The number of amides is 1. The molecule has 0 saturated carbocycles. The van der Waals surface area contributed by atoms with Crippen LogP contribution in [0.3, 0.4) is 0 Å². The minimum atomic E-state index is -0.254. The number of hydrogen-bond donors (Lipinski definition) is 1. The fourth-order valence-corrected chi connectivity index (χ4v) is 2.89. The first-order chi connectivity index (χ1) is 11.6. The average Bonchev–Trinajstić information content (AvgIpc) is 2.59. The number of nitrogens with one attached hydrogen (secondary N) is 1. The Morgan fingerprint density at radius 2 is 1.92 bits per heavy atom. The Balaban J connectivity index is 1.93. The molecule has 0 unspecified atom stereocenters. The van der Waals surface area contributed by atoms with Gasteiger partial charge in [-0.05, 0) is 42.1 Å². The highest BCUT2D eigenvalue weighted by Gasteiger charge is 2.16. The third kappa shape index (κ3) is 3.34. The van der Waals surface area contributed by atoms with Gasteiger partial charge in [-0.2, -0.15) is 0 Å². The van der Waals surface area contributed by atoms with Gasteiger partial charge < -0.3 is 9.88 Å². The van der Waals surface area contributed by atoms with Gasteiger partial charge in [0.25, 0.3) is 11.5 Å². The van der Waals surface area contributed by atoms with Gasteiger partial charge in [0.2, 0.25) is 0 Å². The summed E-state index contributed by atoms with van der Waals surface area (Å²) in [5.41, 5.74) is 0.985. The van der Waals surface area contributed by atoms with Crippen molar-refractivity contribution in [3.63, 3.8) is 0 Å². The molecule has 24 heavy (non-hydrogen) atoms. The van der Waals surface area contributed by atoms with Crippen LogP contribution in [0.4, 0.5) is 0 Å². The van der Waals surface area contributed by atoms with Crippen LogP contribution in [0.5, 0.6) is 0 Å². The highest BCUT2D eigenvalue weighted by molar-refractivity contribution is 6.30. The van der Waals surface area contributed by atoms with Crippen molar-refractivity contribution in [3.8, 4) is 0 Å². The number of nitrogens with zero attached hydrogens (tertiary/aromatic N) is 1. The van der Waals surface area contributed by atoms with E-state index in [1.807, 2.05) is 37.3 Å². The predicted molar refractivity (Wildman–Crippen MR) is 96.4 cm³/mol. The molecule has 3 aromatic rings. The van der Waals surface area contributed by atoms with Crippen molar-refractivity contribution in [1.29, 1.82) is 0 Å². The van der Waals surface area contributed by atoms with E-state index in [0.717, 1.165) is 10.9 Å². The smallest absolute Gasteiger partial charge is 0.270 e. The van der Waals surface area contributed by atoms with Crippen LogP contribution >= 0.6 is 11.6 Å². The van der Waals surface area contributed by atoms with Gasteiger partial charge in [-0.15, -0.1) is 0 Å². The topological polar surface area (TPSA) is 53.2 Å². The molecule has 0 aliphatic heterocycles. The number of aromatic nitrogens is 1. The van der Waals surface area contributed by atoms with Gasteiger partial charge in [0.15, 0.2) is 0 Å². The van der Waals surface area contributed by atoms with Crippen LogP contribution in [0, 0.1) is 0 Å². The monoisotopic (exact) mass is 340 g/mol. The van der Waals surface area contributed by atoms with Crippen molar-refractivity contribution in [3.05, 3.63) is 81.2 Å². The second kappa shape index (κ2) is 6.89. The van der Waals surface area contributed by atoms with Gasteiger partial charge >= 0.3 is 0 Å². The number of fused-ring (bicyclic) bond motifs is 1. The van der Waals surface area contributed by atoms with E-state index in [1.165, 1.54) is 0 Å². The van der Waals surface area contributed by atoms with Crippen molar-refractivity contribution >= 4 is 28.3 Å². The molecule has 2 aromatic carbocycles. The van der Waals surface area contributed by atoms with Gasteiger partial charge in [0.1, 0.15) is 5.69 Å². The molecular weight excluding hydrogens is 324 g/mol. The molecule has 3 rings (SSSR count). The molecular formula is C19H17ClN2O2. The van der Waals surface area contributed by atoms with E-state index in [0.29, 0.717) is 29.2 Å². The first-order valence-corrected chi connectivity index (χ1v) is 8.12. The Hall–Kier alpha value is -2.59. The molecule has 1 heterocycles. The minimum Gasteiger partial charge on any atom is -0.333 e. The molecule has 0 atom stereocenters. The molecule has 0 fully saturated rings. The summed E-state index contributed by atoms with van der Waals surface area (Å²) in [6, 6.07) is 16.3. The van der Waals surface area contributed by atoms with E-state index < -0.39 is 0 Å². The van der Waals surface area contributed by atoms with Crippen molar-refractivity contribution in [1.82, 2.24) is 9.88 Å². The molecule has 0 spiro atoms. The Kier molecular flexibility index (Phi) is 4.67. The molecule has 0 bridgehead atoms. The molecule has 0 saturated heterocycles. The average molecular weight is 341 g/mol. The number of halogens is 1. The quantitative estimate of drug-likeness (QED) is 0.784. The standard InChI is InChI=1S/C19H17ClN2O2/c1-2-22(12-13-6-5-8-15(20)10-13)19(24)17-11-14-7-3-4-9-16(14)18(23)21-17/h3-11H,2,12H2,1H3,(H,21,23). The number of rotatable bonds is 4. The minimum absolute atomic E-state index is 0.208. The molecule has 1 aromatic heterocycles. The zero-order valence-electron chi connectivity index (χ0n) is 13.3. The second-order valence-electron chi connectivity index (χ2n) is 5.55. The summed E-state index contributed by atoms with van der Waals surface area (Å²) >= 11 is 6.00. The van der Waals surface area contributed by atoms with Crippen LogP contribution in [0.1, 0.15) is 23.0 Å². The lowest BCUT2D eigenvalue weighted by atomic mass is 10.1. The number of pyridine rings is 1. The molecule has 122 valence electrons. The van der Waals surface area contributed by atoms with Crippen molar-refractivity contribution in [2.24, 2.45) is 0 Å². The largest absolute Gasteiger partial charge is 0.333 e. The molecule has 4 nitrogen and oxygen atoms in total. The highest BCUT2D eigenvalue weighted by atomic mass is 35.5. The van der Waals surface area contributed by atoms with Crippen molar-refractivity contribution in [2.75, 3.05) is 6.54 Å². The fraction of sp³-hybridized carbons (Fsp3) is 0.158. The number of H-pyrrole nitrogens is 1. The van der Waals surface area contributed by atoms with Crippen LogP contribution in [0.15, 0.2) is 59.4 Å². The summed E-state index contributed by atoms with van der Waals surface area (Å²) in [6.45, 7) is 2.87. The first-order valence-electron chi connectivity index (χ1n) is 7.74. The van der Waals surface area contributed by atoms with E-state index in [2.05, 4.69) is 4.98 Å². The Morgan fingerprint density at radius 3 is 2.67 bits per heavy atom. The van der Waals surface area contributed by atoms with E-state index in [-0.39, 0.29) is 11.5 Å². The maximum absolute atomic E-state index is 12.8. The number of benzene rings is 2. The normalized spacial score (nSPS) is 10.8. The van der Waals surface area contributed by atoms with E-state index >= 15 is 0 Å². The van der Waals surface area contributed by atoms with Crippen LogP contribution in [-0.4, -0.2) is 22.3 Å². The summed E-state index contributed by atoms with van der Waals surface area (Å²) in [5.74, 6) is -0.208. The van der Waals surface area contributed by atoms with Gasteiger partial charge in [-0.25, -0.2) is 0 Å². The number of aromatic amines is 1. The van der Waals surface area contributed by atoms with Crippen LogP contribution in [-0.2, 0) is 6.54 Å². The molecule has 5 heteroatoms. The first kappa shape index (κ1) is 16.3. The molecule has 0 aliphatic rings. The summed E-state index contributed by atoms with van der Waals surface area (Å²) < 4.78 is 0. The second-order valence-corrected chi connectivity index (χ2v) is 5.99. The van der Waals surface area contributed by atoms with Crippen molar-refractivity contribution in [2.45, 2.75) is 13.5 Å². The zero-order chi connectivity index (χ0) is 17.1. The maximum atomic E-state index is 12.8. The molecule has 1 amide bonds. The van der Waals surface area contributed by atoms with Gasteiger partial charge in [-0.3, -0.25) is 9.59 Å². The molecule has 0 radical (unpaired) electrons. The van der Waals surface area contributed by atoms with Gasteiger partial charge in [0.05, 0.1) is 0 Å². The van der Waals surface area contributed by atoms with Crippen LogP contribution in [0.2, 0.25) is 5.02 Å². The maximum Gasteiger partial charge on any atom is 0.270 e. The van der Waals surface area contributed by atoms with Crippen molar-refractivity contribution < 1.29 is 4.79 Å². The van der Waals surface area contributed by atoms with Gasteiger partial charge in [0, 0.05) is 23.5 Å². The zero-order valence-corrected chi connectivity index (χ0v) is 14.0. The fourth-order valence-electron chi connectivity index (χ4n) is 2.68. The third-order valence-corrected chi connectivity index (χ3v) is 4.15. The summed E-state index contributed by atoms with van der Waals surface area (Å²) in [6.07, 6.45) is 0. The Bertz CT molecular complexity index is 949. The summed E-state index contributed by atoms with van der Waals surface area (Å²) in [5, 5.41) is 1.96. The van der Waals surface area contributed by atoms with E-state index in [4.69, 9.17) is 11.6 Å². The number of hydrogen-bond acceptors (Lipinski definition) is 2. The summed E-state index contributed by atoms with van der Waals surface area (Å²) in [7, 11) is 0. The SMILES string of the molecule is CCN(Cc1cccc(Cl)c1)C(=O)c1cc2ccccc2c(=O)[nH]1. The highest BCUT2D eigenvalue weighted by Crippen LogP contribution is 2.15. The predicted octanol–water partition coefficient (Wildman–Crippen LogP) is 3.84. The Labute approximate surface area is 144 Å². The summed E-state index contributed by atoms with van der Waals surface area (Å²) in [4.78, 5) is 29.3. The van der Waals surface area contributed by atoms with Gasteiger partial charge in [-0.1, -0.05) is 41.9 Å². The van der Waals surface area contributed by atoms with Crippen LogP contribution < -0.4 is 5.56 Å². The lowest BCUT2D eigenvalue weighted by Crippen LogP contribution is -2.32.